The highest BCUT2D eigenvalue weighted by Gasteiger charge is 2.74. The number of aliphatic hydroxyl groups is 2. The Labute approximate surface area is 234 Å². The Balaban J connectivity index is 1.67. The zero-order valence-electron chi connectivity index (χ0n) is 24.0. The van der Waals surface area contributed by atoms with Crippen molar-refractivity contribution >= 4 is 17.7 Å². The van der Waals surface area contributed by atoms with Gasteiger partial charge in [-0.2, -0.15) is 0 Å². The number of aliphatic hydroxyl groups excluding tert-OH is 1. The fourth-order valence-corrected chi connectivity index (χ4v) is 7.80. The fourth-order valence-electron chi connectivity index (χ4n) is 7.80. The summed E-state index contributed by atoms with van der Waals surface area (Å²) in [6.45, 7) is 8.18. The van der Waals surface area contributed by atoms with E-state index in [9.17, 15) is 24.6 Å². The molecule has 1 heterocycles. The molecule has 1 aliphatic heterocycles. The minimum absolute atomic E-state index is 0.0199. The van der Waals surface area contributed by atoms with E-state index in [4.69, 9.17) is 18.9 Å². The molecule has 9 heteroatoms. The zero-order chi connectivity index (χ0) is 29.2. The van der Waals surface area contributed by atoms with Crippen LogP contribution in [0, 0.1) is 23.2 Å². The number of fused-ring (bicyclic) bond motifs is 2. The molecule has 9 nitrogen and oxygen atoms in total. The molecule has 0 amide bonds. The van der Waals surface area contributed by atoms with E-state index in [1.165, 1.54) is 21.0 Å². The predicted molar refractivity (Wildman–Crippen MR) is 143 cm³/mol. The number of esters is 2. The van der Waals surface area contributed by atoms with Gasteiger partial charge >= 0.3 is 11.9 Å². The third kappa shape index (κ3) is 4.33. The van der Waals surface area contributed by atoms with E-state index in [1.807, 2.05) is 0 Å². The first-order chi connectivity index (χ1) is 18.8. The lowest BCUT2D eigenvalue weighted by molar-refractivity contribution is -0.314. The molecule has 218 valence electrons. The minimum atomic E-state index is -1.86. The summed E-state index contributed by atoms with van der Waals surface area (Å²) < 4.78 is 23.8. The molecule has 0 bridgehead atoms. The van der Waals surface area contributed by atoms with Crippen LogP contribution in [0.4, 0.5) is 0 Å². The summed E-state index contributed by atoms with van der Waals surface area (Å²) in [5.41, 5.74) is -2.83. The lowest BCUT2D eigenvalue weighted by Gasteiger charge is -2.61. The van der Waals surface area contributed by atoms with Crippen molar-refractivity contribution in [3.63, 3.8) is 0 Å². The number of ether oxygens (including phenoxy) is 4. The lowest BCUT2D eigenvalue weighted by Crippen LogP contribution is -2.74. The Morgan fingerprint density at radius 1 is 1.10 bits per heavy atom. The first-order valence-corrected chi connectivity index (χ1v) is 14.0. The van der Waals surface area contributed by atoms with Gasteiger partial charge in [-0.3, -0.25) is 9.59 Å². The Hall–Kier alpha value is -2.59. The third-order valence-electron chi connectivity index (χ3n) is 10.0. The SMILES string of the molecule is CO[C@@H](C(C)=O)C1=C(C)C(O)C[C@@](O)([C@@H](OC(=O)c2ccccc2)[C@H]2[C@H]3C[C@H]3C[C@H]3OC[C@@]23OC(C)=O)C1(C)C. The Bertz CT molecular complexity index is 1220. The van der Waals surface area contributed by atoms with Crippen molar-refractivity contribution in [2.75, 3.05) is 13.7 Å². The van der Waals surface area contributed by atoms with Crippen LogP contribution in [0.1, 0.15) is 64.2 Å². The maximum atomic E-state index is 13.6. The molecule has 9 atom stereocenters. The molecule has 1 aromatic carbocycles. The van der Waals surface area contributed by atoms with Gasteiger partial charge < -0.3 is 29.2 Å². The van der Waals surface area contributed by atoms with Gasteiger partial charge in [-0.15, -0.1) is 0 Å². The van der Waals surface area contributed by atoms with Gasteiger partial charge in [0, 0.05) is 31.8 Å². The van der Waals surface area contributed by atoms with Crippen LogP contribution in [0.3, 0.4) is 0 Å². The first kappa shape index (κ1) is 28.9. The number of hydrogen-bond donors (Lipinski definition) is 2. The second-order valence-electron chi connectivity index (χ2n) is 12.6. The van der Waals surface area contributed by atoms with E-state index in [2.05, 4.69) is 0 Å². The monoisotopic (exact) mass is 556 g/mol. The van der Waals surface area contributed by atoms with Gasteiger partial charge in [0.2, 0.25) is 0 Å². The summed E-state index contributed by atoms with van der Waals surface area (Å²) in [7, 11) is 1.41. The van der Waals surface area contributed by atoms with Crippen LogP contribution in [0.5, 0.6) is 0 Å². The number of Topliss-reactive ketones (excluding diaryl/α,β-unsaturated/α-hetero) is 1. The number of benzene rings is 1. The highest BCUT2D eigenvalue weighted by Crippen LogP contribution is 2.65. The molecular weight excluding hydrogens is 516 g/mol. The van der Waals surface area contributed by atoms with Gasteiger partial charge in [0.05, 0.1) is 18.3 Å². The maximum Gasteiger partial charge on any atom is 0.338 e. The van der Waals surface area contributed by atoms with Gasteiger partial charge in [0.25, 0.3) is 0 Å². The van der Waals surface area contributed by atoms with Crippen LogP contribution in [-0.4, -0.2) is 77.3 Å². The summed E-state index contributed by atoms with van der Waals surface area (Å²) >= 11 is 0. The third-order valence-corrected chi connectivity index (χ3v) is 10.0. The van der Waals surface area contributed by atoms with Gasteiger partial charge in [-0.25, -0.2) is 4.79 Å². The van der Waals surface area contributed by atoms with Gasteiger partial charge in [-0.1, -0.05) is 32.0 Å². The van der Waals surface area contributed by atoms with Crippen molar-refractivity contribution in [1.29, 1.82) is 0 Å². The summed E-state index contributed by atoms with van der Waals surface area (Å²) in [6.07, 6.45) is -2.32. The van der Waals surface area contributed by atoms with Crippen LogP contribution in [0.15, 0.2) is 41.5 Å². The predicted octanol–water partition coefficient (Wildman–Crippen LogP) is 3.01. The van der Waals surface area contributed by atoms with Crippen molar-refractivity contribution in [2.24, 2.45) is 23.2 Å². The van der Waals surface area contributed by atoms with E-state index in [0.29, 0.717) is 16.7 Å². The van der Waals surface area contributed by atoms with Gasteiger partial charge in [-0.05, 0) is 61.8 Å². The molecule has 3 fully saturated rings. The second kappa shape index (κ2) is 10.0. The topological polar surface area (TPSA) is 129 Å². The fraction of sp³-hybridized carbons (Fsp3) is 0.645. The van der Waals surface area contributed by atoms with Crippen LogP contribution in [-0.2, 0) is 28.5 Å². The summed E-state index contributed by atoms with van der Waals surface area (Å²) in [5, 5.41) is 24.2. The molecule has 5 rings (SSSR count). The van der Waals surface area contributed by atoms with E-state index in [-0.39, 0.29) is 36.8 Å². The maximum absolute atomic E-state index is 13.6. The van der Waals surface area contributed by atoms with Crippen LogP contribution >= 0.6 is 0 Å². The number of carbonyl (C=O) groups excluding carboxylic acids is 3. The van der Waals surface area contributed by atoms with Gasteiger partial charge in [0.1, 0.15) is 23.9 Å². The van der Waals surface area contributed by atoms with Gasteiger partial charge in [0.15, 0.2) is 11.4 Å². The second-order valence-corrected chi connectivity index (χ2v) is 12.6. The van der Waals surface area contributed by atoms with Crippen LogP contribution in [0.2, 0.25) is 0 Å². The molecule has 1 aromatic rings. The number of rotatable bonds is 8. The normalized spacial score (nSPS) is 37.2. The molecule has 1 saturated heterocycles. The first-order valence-electron chi connectivity index (χ1n) is 14.0. The van der Waals surface area contributed by atoms with Crippen molar-refractivity contribution in [3.8, 4) is 0 Å². The van der Waals surface area contributed by atoms with Crippen molar-refractivity contribution < 1.29 is 43.5 Å². The molecule has 2 saturated carbocycles. The quantitative estimate of drug-likeness (QED) is 0.367. The van der Waals surface area contributed by atoms with Crippen LogP contribution in [0.25, 0.3) is 0 Å². The molecular formula is C31H40O9. The number of hydrogen-bond acceptors (Lipinski definition) is 9. The van der Waals surface area contributed by atoms with E-state index in [1.54, 1.807) is 51.1 Å². The molecule has 2 N–H and O–H groups in total. The molecule has 0 radical (unpaired) electrons. The standard InChI is InChI=1S/C31H40O9/c1-16-22(34)14-31(36,29(4,5)24(16)26(37-6)17(2)32)27(39-28(35)19-10-8-7-9-11-19)25-21-12-20(21)13-23-30(25,15-38-23)40-18(3)33/h7-11,20-23,25-27,34,36H,12-15H2,1-6H3/t20-,21-,22?,23+,25+,26-,27-,30-,31+/m0/s1. The number of methoxy groups -OCH3 is 1. The summed E-state index contributed by atoms with van der Waals surface area (Å²) in [5.74, 6) is -1.68. The largest absolute Gasteiger partial charge is 0.455 e. The Morgan fingerprint density at radius 3 is 2.33 bits per heavy atom. The smallest absolute Gasteiger partial charge is 0.338 e. The highest BCUT2D eigenvalue weighted by atomic mass is 16.6. The van der Waals surface area contributed by atoms with Crippen molar-refractivity contribution in [1.82, 2.24) is 0 Å². The molecule has 0 aromatic heterocycles. The Morgan fingerprint density at radius 2 is 1.77 bits per heavy atom. The average Bonchev–Trinajstić information content (AvgIpc) is 3.66. The van der Waals surface area contributed by atoms with Crippen molar-refractivity contribution in [3.05, 3.63) is 47.0 Å². The average molecular weight is 557 g/mol. The summed E-state index contributed by atoms with van der Waals surface area (Å²) in [4.78, 5) is 38.8. The number of ketones is 1. The molecule has 0 spiro atoms. The summed E-state index contributed by atoms with van der Waals surface area (Å²) in [6, 6.07) is 8.50. The molecule has 3 aliphatic carbocycles. The van der Waals surface area contributed by atoms with Crippen molar-refractivity contribution in [2.45, 2.75) is 89.5 Å². The molecule has 4 aliphatic rings. The lowest BCUT2D eigenvalue weighted by atomic mass is 9.53. The van der Waals surface area contributed by atoms with E-state index >= 15 is 0 Å². The molecule has 40 heavy (non-hydrogen) atoms. The van der Waals surface area contributed by atoms with E-state index in [0.717, 1.165) is 12.8 Å². The Kier molecular flexibility index (Phi) is 7.26. The van der Waals surface area contributed by atoms with E-state index < -0.39 is 52.8 Å². The zero-order valence-corrected chi connectivity index (χ0v) is 24.0. The highest BCUT2D eigenvalue weighted by molar-refractivity contribution is 5.89. The minimum Gasteiger partial charge on any atom is -0.455 e. The van der Waals surface area contributed by atoms with Crippen LogP contribution < -0.4 is 0 Å². The molecule has 1 unspecified atom stereocenters. The number of carbonyl (C=O) groups is 3.